The van der Waals surface area contributed by atoms with Gasteiger partial charge in [0.25, 0.3) is 0 Å². The number of hydrogen-bond acceptors (Lipinski definition) is 0. The largest absolute Gasteiger partial charge is 0.206 e. The first-order chi connectivity index (χ1) is 34.3. The molecule has 0 saturated carbocycles. The molecule has 0 fully saturated rings. The molecule has 6 heteroatoms. The van der Waals surface area contributed by atoms with Crippen molar-refractivity contribution in [2.24, 2.45) is 0 Å². The molecule has 13 aromatic carbocycles. The van der Waals surface area contributed by atoms with E-state index >= 15 is 17.6 Å². The van der Waals surface area contributed by atoms with Crippen molar-refractivity contribution in [3.8, 4) is 89.0 Å². The monoisotopic (exact) mass is 912 g/mol. The second kappa shape index (κ2) is 13.9. The van der Waals surface area contributed by atoms with Crippen molar-refractivity contribution in [3.63, 3.8) is 0 Å². The number of fused-ring (bicyclic) bond motifs is 10. The Morgan fingerprint density at radius 2 is 0.471 bits per heavy atom. The van der Waals surface area contributed by atoms with Gasteiger partial charge in [-0.2, -0.15) is 0 Å². The van der Waals surface area contributed by atoms with Gasteiger partial charge in [-0.3, -0.25) is 0 Å². The van der Waals surface area contributed by atoms with Crippen molar-refractivity contribution in [3.05, 3.63) is 217 Å². The van der Waals surface area contributed by atoms with E-state index in [2.05, 4.69) is 72.8 Å². The third-order valence-electron chi connectivity index (χ3n) is 15.1. The molecule has 0 unspecified atom stereocenters. The molecule has 0 aromatic heterocycles. The number of rotatable bonds is 4. The molecular weight excluding hydrogens is 883 g/mol. The van der Waals surface area contributed by atoms with Crippen molar-refractivity contribution in [2.45, 2.75) is 0 Å². The van der Waals surface area contributed by atoms with E-state index in [0.717, 1.165) is 133 Å². The Balaban J connectivity index is 1.08. The molecule has 0 amide bonds. The minimum absolute atomic E-state index is 0.0263. The third-order valence-corrected chi connectivity index (χ3v) is 15.1. The highest BCUT2D eigenvalue weighted by Gasteiger charge is 2.36. The maximum Gasteiger partial charge on any atom is 0.161 e. The minimum atomic E-state index is -1.26. The Bertz CT molecular complexity index is 4210. The summed E-state index contributed by atoms with van der Waals surface area (Å²) in [6.45, 7) is 0. The van der Waals surface area contributed by atoms with Crippen LogP contribution in [0.15, 0.2) is 182 Å². The van der Waals surface area contributed by atoms with Gasteiger partial charge in [-0.05, 0) is 144 Å². The van der Waals surface area contributed by atoms with Crippen LogP contribution in [0.25, 0.3) is 154 Å². The summed E-state index contributed by atoms with van der Waals surface area (Å²) in [6, 6.07) is 55.8. The molecule has 0 nitrogen and oxygen atoms in total. The molecule has 0 saturated heterocycles. The molecule has 0 atom stereocenters. The summed E-state index contributed by atoms with van der Waals surface area (Å²) in [5.74, 6) is -6.50. The Hall–Kier alpha value is -8.74. The van der Waals surface area contributed by atoms with Gasteiger partial charge in [0.2, 0.25) is 0 Å². The first kappa shape index (κ1) is 39.3. The van der Waals surface area contributed by atoms with Crippen LogP contribution in [0.1, 0.15) is 0 Å². The quantitative estimate of drug-likeness (QED) is 0.0714. The summed E-state index contributed by atoms with van der Waals surface area (Å²) in [6.07, 6.45) is 0. The topological polar surface area (TPSA) is 0 Å². The van der Waals surface area contributed by atoms with E-state index in [0.29, 0.717) is 34.0 Å². The zero-order valence-corrected chi connectivity index (χ0v) is 36.6. The number of benzene rings is 13. The molecule has 328 valence electrons. The van der Waals surface area contributed by atoms with E-state index < -0.39 is 34.9 Å². The van der Waals surface area contributed by atoms with Crippen molar-refractivity contribution in [1.82, 2.24) is 0 Å². The van der Waals surface area contributed by atoms with Crippen molar-refractivity contribution < 1.29 is 26.3 Å². The summed E-state index contributed by atoms with van der Waals surface area (Å²) >= 11 is 0. The van der Waals surface area contributed by atoms with Gasteiger partial charge in [0.05, 0.1) is 0 Å². The van der Waals surface area contributed by atoms with Crippen LogP contribution < -0.4 is 0 Å². The van der Waals surface area contributed by atoms with Crippen LogP contribution >= 0.6 is 0 Å². The molecular formula is C64H30F6. The van der Waals surface area contributed by atoms with E-state index in [1.54, 1.807) is 0 Å². The van der Waals surface area contributed by atoms with Gasteiger partial charge in [0, 0.05) is 34.4 Å². The lowest BCUT2D eigenvalue weighted by molar-refractivity contribution is 0.496. The molecule has 0 N–H and O–H groups in total. The van der Waals surface area contributed by atoms with Crippen LogP contribution in [-0.2, 0) is 0 Å². The van der Waals surface area contributed by atoms with Gasteiger partial charge in [-0.1, -0.05) is 158 Å². The third kappa shape index (κ3) is 4.97. The smallest absolute Gasteiger partial charge is 0.161 e. The van der Waals surface area contributed by atoms with Gasteiger partial charge in [0.15, 0.2) is 23.3 Å². The van der Waals surface area contributed by atoms with Crippen LogP contribution in [0, 0.1) is 34.9 Å². The summed E-state index contributed by atoms with van der Waals surface area (Å²) in [7, 11) is 0. The molecule has 0 spiro atoms. The molecule has 0 aliphatic heterocycles. The Morgan fingerprint density at radius 3 is 0.814 bits per heavy atom. The zero-order valence-electron chi connectivity index (χ0n) is 36.6. The van der Waals surface area contributed by atoms with Crippen LogP contribution in [0.3, 0.4) is 0 Å². The maximum atomic E-state index is 16.3. The predicted molar refractivity (Wildman–Crippen MR) is 273 cm³/mol. The second-order valence-corrected chi connectivity index (χ2v) is 18.5. The van der Waals surface area contributed by atoms with Crippen molar-refractivity contribution >= 4 is 64.6 Å². The minimum Gasteiger partial charge on any atom is -0.206 e. The Morgan fingerprint density at radius 1 is 0.186 bits per heavy atom. The Kier molecular flexibility index (Phi) is 7.81. The van der Waals surface area contributed by atoms with E-state index in [4.69, 9.17) is 0 Å². The zero-order chi connectivity index (χ0) is 46.8. The second-order valence-electron chi connectivity index (χ2n) is 18.5. The van der Waals surface area contributed by atoms with Gasteiger partial charge in [0.1, 0.15) is 11.6 Å². The first-order valence-corrected chi connectivity index (χ1v) is 23.1. The summed E-state index contributed by atoms with van der Waals surface area (Å²) in [5, 5.41) is 11.0. The highest BCUT2D eigenvalue weighted by molar-refractivity contribution is 6.42. The SMILES string of the molecule is Fc1cc(F)c(-c2c3c(c(-c4ccccc4)c4ccccc24)-c2ccc4c5ccc6c7c(ccc(c8ccc-3c2c48)c75)-c2c-6c(-c3ccccc3)c3ccccc3c2-c2cc(F)c(F)cc2F)cc1F. The molecule has 2 aliphatic rings. The standard InChI is InChI=1S/C64H30F6/c65-47-29-51(69)49(67)27-45(47)57-35-17-9-7-15-33(35)53(31-11-3-1-4-12-31)61-41-23-19-37-38-20-24-42-60-44(26-22-40(56(38)60)39-21-25-43(63(57)61)59(41)55(37)39)64-58(46-28-50(68)52(70)30-48(46)66)36-18-10-8-16-34(36)54(62(42)64)32-13-5-2-6-14-32/h1-30H. The van der Waals surface area contributed by atoms with Gasteiger partial charge in [-0.25, -0.2) is 26.3 Å². The van der Waals surface area contributed by atoms with Gasteiger partial charge < -0.3 is 0 Å². The number of halogens is 6. The maximum absolute atomic E-state index is 16.3. The number of hydrogen-bond donors (Lipinski definition) is 0. The molecule has 70 heavy (non-hydrogen) atoms. The molecule has 13 aromatic rings. The highest BCUT2D eigenvalue weighted by Crippen LogP contribution is 2.63. The van der Waals surface area contributed by atoms with Gasteiger partial charge in [-0.15, -0.1) is 0 Å². The van der Waals surface area contributed by atoms with Crippen LogP contribution in [0.2, 0.25) is 0 Å². The van der Waals surface area contributed by atoms with Crippen LogP contribution in [-0.4, -0.2) is 0 Å². The lowest BCUT2D eigenvalue weighted by atomic mass is 9.82. The summed E-state index contributed by atoms with van der Waals surface area (Å²) < 4.78 is 92.7. The lowest BCUT2D eigenvalue weighted by Crippen LogP contribution is -1.97. The Labute approximate surface area is 395 Å². The fourth-order valence-corrected chi connectivity index (χ4v) is 12.5. The fraction of sp³-hybridized carbons (Fsp3) is 0. The molecule has 15 rings (SSSR count). The highest BCUT2D eigenvalue weighted by atomic mass is 19.2. The summed E-state index contributed by atoms with van der Waals surface area (Å²) in [4.78, 5) is 0. The summed E-state index contributed by atoms with van der Waals surface area (Å²) in [5.41, 5.74) is 11.6. The lowest BCUT2D eigenvalue weighted by Gasteiger charge is -2.20. The fourth-order valence-electron chi connectivity index (χ4n) is 12.5. The van der Waals surface area contributed by atoms with Crippen LogP contribution in [0.4, 0.5) is 26.3 Å². The van der Waals surface area contributed by atoms with Crippen molar-refractivity contribution in [1.29, 1.82) is 0 Å². The average molecular weight is 913 g/mol. The average Bonchev–Trinajstić information content (AvgIpc) is 3.90. The van der Waals surface area contributed by atoms with E-state index in [1.165, 1.54) is 0 Å². The molecule has 0 radical (unpaired) electrons. The molecule has 0 bridgehead atoms. The van der Waals surface area contributed by atoms with Crippen LogP contribution in [0.5, 0.6) is 0 Å². The van der Waals surface area contributed by atoms with E-state index in [-0.39, 0.29) is 11.1 Å². The van der Waals surface area contributed by atoms with E-state index in [1.807, 2.05) is 84.9 Å². The molecule has 2 aliphatic carbocycles. The first-order valence-electron chi connectivity index (χ1n) is 23.1. The van der Waals surface area contributed by atoms with E-state index in [9.17, 15) is 8.78 Å². The normalized spacial score (nSPS) is 12.4. The molecule has 0 heterocycles. The van der Waals surface area contributed by atoms with Gasteiger partial charge >= 0.3 is 0 Å². The van der Waals surface area contributed by atoms with Crippen molar-refractivity contribution in [2.75, 3.05) is 0 Å². The predicted octanol–water partition coefficient (Wildman–Crippen LogP) is 18.8.